The molecule has 2 rings (SSSR count). The van der Waals surface area contributed by atoms with E-state index >= 15 is 0 Å². The fourth-order valence-electron chi connectivity index (χ4n) is 2.37. The first kappa shape index (κ1) is 20.8. The highest BCUT2D eigenvalue weighted by atomic mass is 79.9. The molecule has 0 unspecified atom stereocenters. The van der Waals surface area contributed by atoms with Crippen molar-refractivity contribution in [1.29, 1.82) is 0 Å². The van der Waals surface area contributed by atoms with Crippen LogP contribution in [0.2, 0.25) is 0 Å². The van der Waals surface area contributed by atoms with Crippen LogP contribution in [0.4, 0.5) is 0 Å². The molecular weight excluding hydrogens is 412 g/mol. The zero-order valence-corrected chi connectivity index (χ0v) is 17.2. The number of hydrogen-bond donors (Lipinski definition) is 2. The molecule has 27 heavy (non-hydrogen) atoms. The Balaban J connectivity index is 1.95. The average Bonchev–Trinajstić information content (AvgIpc) is 2.64. The summed E-state index contributed by atoms with van der Waals surface area (Å²) in [6, 6.07) is 10.6. The monoisotopic (exact) mass is 434 g/mol. The van der Waals surface area contributed by atoms with E-state index in [1.807, 2.05) is 26.8 Å². The number of amides is 2. The minimum Gasteiger partial charge on any atom is -0.490 e. The van der Waals surface area contributed by atoms with Gasteiger partial charge in [-0.15, -0.1) is 0 Å². The van der Waals surface area contributed by atoms with Crippen LogP contribution in [0.1, 0.15) is 35.3 Å². The van der Waals surface area contributed by atoms with Gasteiger partial charge in [0.2, 0.25) is 5.91 Å². The number of carbonyl (C=O) groups is 2. The van der Waals surface area contributed by atoms with Gasteiger partial charge in [0.05, 0.1) is 19.6 Å². The second-order valence-corrected chi connectivity index (χ2v) is 6.64. The van der Waals surface area contributed by atoms with E-state index in [1.165, 1.54) is 0 Å². The molecule has 2 amide bonds. The number of hydrazine groups is 1. The number of ether oxygens (including phenoxy) is 2. The van der Waals surface area contributed by atoms with Crippen LogP contribution in [0, 0.1) is 6.92 Å². The molecule has 0 aliphatic rings. The van der Waals surface area contributed by atoms with Gasteiger partial charge in [-0.2, -0.15) is 0 Å². The largest absolute Gasteiger partial charge is 0.490 e. The van der Waals surface area contributed by atoms with Gasteiger partial charge in [-0.25, -0.2) is 0 Å². The van der Waals surface area contributed by atoms with Crippen LogP contribution in [0.3, 0.4) is 0 Å². The molecule has 0 saturated carbocycles. The van der Waals surface area contributed by atoms with Crippen molar-refractivity contribution in [2.24, 2.45) is 0 Å². The summed E-state index contributed by atoms with van der Waals surface area (Å²) in [6.45, 7) is 6.74. The fourth-order valence-corrected chi connectivity index (χ4v) is 2.75. The molecule has 7 heteroatoms. The highest BCUT2D eigenvalue weighted by Crippen LogP contribution is 2.28. The van der Waals surface area contributed by atoms with Gasteiger partial charge in [-0.05, 0) is 56.2 Å². The molecule has 0 aromatic heterocycles. The first-order valence-corrected chi connectivity index (χ1v) is 9.47. The average molecular weight is 435 g/mol. The molecule has 2 aromatic carbocycles. The third kappa shape index (κ3) is 5.99. The summed E-state index contributed by atoms with van der Waals surface area (Å²) in [5.41, 5.74) is 7.08. The molecule has 0 atom stereocenters. The van der Waals surface area contributed by atoms with Gasteiger partial charge < -0.3 is 9.47 Å². The predicted octanol–water partition coefficient (Wildman–Crippen LogP) is 3.56. The smallest absolute Gasteiger partial charge is 0.269 e. The number of nitrogens with one attached hydrogen (secondary N) is 2. The Morgan fingerprint density at radius 1 is 0.963 bits per heavy atom. The molecule has 0 radical (unpaired) electrons. The van der Waals surface area contributed by atoms with E-state index in [2.05, 4.69) is 26.8 Å². The SMILES string of the molecule is CCOc1ccc(CC(=O)NNC(=O)c2ccc(C)c(Br)c2)cc1OCC. The second kappa shape index (κ2) is 9.97. The molecular formula is C20H23BrN2O4. The number of benzene rings is 2. The van der Waals surface area contributed by atoms with Crippen LogP contribution in [-0.2, 0) is 11.2 Å². The van der Waals surface area contributed by atoms with Crippen molar-refractivity contribution in [3.05, 3.63) is 57.6 Å². The lowest BCUT2D eigenvalue weighted by Crippen LogP contribution is -2.42. The predicted molar refractivity (Wildman–Crippen MR) is 107 cm³/mol. The van der Waals surface area contributed by atoms with Crippen LogP contribution in [0.15, 0.2) is 40.9 Å². The summed E-state index contributed by atoms with van der Waals surface area (Å²) in [4.78, 5) is 24.3. The molecule has 0 aliphatic carbocycles. The zero-order valence-electron chi connectivity index (χ0n) is 15.6. The Bertz CT molecular complexity index is 824. The summed E-state index contributed by atoms with van der Waals surface area (Å²) < 4.78 is 11.9. The summed E-state index contributed by atoms with van der Waals surface area (Å²) in [5, 5.41) is 0. The number of halogens is 1. The van der Waals surface area contributed by atoms with Crippen LogP contribution < -0.4 is 20.3 Å². The summed E-state index contributed by atoms with van der Waals surface area (Å²) in [6.07, 6.45) is 0.102. The Labute approximate surface area is 167 Å². The van der Waals surface area contributed by atoms with Crippen molar-refractivity contribution < 1.29 is 19.1 Å². The van der Waals surface area contributed by atoms with E-state index in [1.54, 1.807) is 30.3 Å². The van der Waals surface area contributed by atoms with Gasteiger partial charge in [-0.1, -0.05) is 28.1 Å². The van der Waals surface area contributed by atoms with E-state index < -0.39 is 0 Å². The van der Waals surface area contributed by atoms with Crippen molar-refractivity contribution in [2.75, 3.05) is 13.2 Å². The van der Waals surface area contributed by atoms with E-state index in [0.717, 1.165) is 15.6 Å². The lowest BCUT2D eigenvalue weighted by molar-refractivity contribution is -0.121. The third-order valence-corrected chi connectivity index (χ3v) is 4.58. The Morgan fingerprint density at radius 3 is 2.33 bits per heavy atom. The molecule has 144 valence electrons. The molecule has 0 bridgehead atoms. The maximum Gasteiger partial charge on any atom is 0.269 e. The second-order valence-electron chi connectivity index (χ2n) is 5.79. The highest BCUT2D eigenvalue weighted by molar-refractivity contribution is 9.10. The van der Waals surface area contributed by atoms with Crippen LogP contribution in [-0.4, -0.2) is 25.0 Å². The lowest BCUT2D eigenvalue weighted by Gasteiger charge is -2.13. The van der Waals surface area contributed by atoms with Crippen LogP contribution >= 0.6 is 15.9 Å². The maximum absolute atomic E-state index is 12.1. The molecule has 0 heterocycles. The molecule has 2 aromatic rings. The molecule has 0 fully saturated rings. The van der Waals surface area contributed by atoms with Gasteiger partial charge >= 0.3 is 0 Å². The molecule has 2 N–H and O–H groups in total. The normalized spacial score (nSPS) is 10.2. The molecule has 6 nitrogen and oxygen atoms in total. The van der Waals surface area contributed by atoms with Gasteiger partial charge in [0, 0.05) is 10.0 Å². The maximum atomic E-state index is 12.1. The van der Waals surface area contributed by atoms with Crippen molar-refractivity contribution in [3.63, 3.8) is 0 Å². The Kier molecular flexibility index (Phi) is 7.67. The highest BCUT2D eigenvalue weighted by Gasteiger charge is 2.11. The Hall–Kier alpha value is -2.54. The van der Waals surface area contributed by atoms with Gasteiger partial charge in [0.25, 0.3) is 5.91 Å². The topological polar surface area (TPSA) is 76.7 Å². The standard InChI is InChI=1S/C20H23BrN2O4/c1-4-26-17-9-7-14(10-18(17)27-5-2)11-19(24)22-23-20(25)15-8-6-13(3)16(21)12-15/h6-10,12H,4-5,11H2,1-3H3,(H,22,24)(H,23,25). The quantitative estimate of drug-likeness (QED) is 0.653. The van der Waals surface area contributed by atoms with E-state index in [0.29, 0.717) is 30.3 Å². The summed E-state index contributed by atoms with van der Waals surface area (Å²) in [5.74, 6) is 0.520. The van der Waals surface area contributed by atoms with E-state index in [9.17, 15) is 9.59 Å². The number of hydrogen-bond acceptors (Lipinski definition) is 4. The van der Waals surface area contributed by atoms with Gasteiger partial charge in [0.15, 0.2) is 11.5 Å². The van der Waals surface area contributed by atoms with E-state index in [-0.39, 0.29) is 18.2 Å². The van der Waals surface area contributed by atoms with Crippen molar-refractivity contribution in [3.8, 4) is 11.5 Å². The first-order chi connectivity index (χ1) is 12.9. The minimum absolute atomic E-state index is 0.102. The summed E-state index contributed by atoms with van der Waals surface area (Å²) >= 11 is 3.39. The van der Waals surface area contributed by atoms with Crippen molar-refractivity contribution in [1.82, 2.24) is 10.9 Å². The molecule has 0 saturated heterocycles. The lowest BCUT2D eigenvalue weighted by atomic mass is 10.1. The van der Waals surface area contributed by atoms with Crippen LogP contribution in [0.5, 0.6) is 11.5 Å². The van der Waals surface area contributed by atoms with Crippen molar-refractivity contribution in [2.45, 2.75) is 27.2 Å². The number of aryl methyl sites for hydroxylation is 1. The third-order valence-electron chi connectivity index (χ3n) is 3.72. The molecule has 0 spiro atoms. The fraction of sp³-hybridized carbons (Fsp3) is 0.300. The Morgan fingerprint density at radius 2 is 1.67 bits per heavy atom. The van der Waals surface area contributed by atoms with Gasteiger partial charge in [-0.3, -0.25) is 20.4 Å². The van der Waals surface area contributed by atoms with Crippen LogP contribution in [0.25, 0.3) is 0 Å². The van der Waals surface area contributed by atoms with Gasteiger partial charge in [0.1, 0.15) is 0 Å². The molecule has 0 aliphatic heterocycles. The first-order valence-electron chi connectivity index (χ1n) is 8.68. The zero-order chi connectivity index (χ0) is 19.8. The minimum atomic E-state index is -0.384. The van der Waals surface area contributed by atoms with Crippen molar-refractivity contribution >= 4 is 27.7 Å². The van der Waals surface area contributed by atoms with E-state index in [4.69, 9.17) is 9.47 Å². The number of rotatable bonds is 7. The number of carbonyl (C=O) groups excluding carboxylic acids is 2. The summed E-state index contributed by atoms with van der Waals surface area (Å²) in [7, 11) is 0.